The predicted molar refractivity (Wildman–Crippen MR) is 231 cm³/mol. The number of hydrogen-bond donors (Lipinski definition) is 0. The zero-order chi connectivity index (χ0) is 39.1. The Morgan fingerprint density at radius 1 is 0.224 bits per heavy atom. The van der Waals surface area contributed by atoms with Crippen molar-refractivity contribution in [1.82, 2.24) is 0 Å². The molecule has 6 aliphatic rings. The van der Waals surface area contributed by atoms with Gasteiger partial charge >= 0.3 is 37.7 Å². The van der Waals surface area contributed by atoms with Crippen molar-refractivity contribution in [3.05, 3.63) is 132 Å². The largest absolute Gasteiger partial charge is 1.00 e. The molecule has 10 rings (SSSR count). The maximum Gasteiger partial charge on any atom is 1.00 e. The Balaban J connectivity index is 0.000000345. The zero-order valence-electron chi connectivity index (χ0n) is 35.9. The molecule has 0 atom stereocenters. The summed E-state index contributed by atoms with van der Waals surface area (Å²) in [6, 6.07) is 39.8. The summed E-state index contributed by atoms with van der Waals surface area (Å²) in [6.07, 6.45) is 15.3. The van der Waals surface area contributed by atoms with Crippen molar-refractivity contribution in [3.63, 3.8) is 0 Å². The first-order valence-electron chi connectivity index (χ1n) is 21.0. The third kappa shape index (κ3) is 32.3. The monoisotopic (exact) mass is 783 g/mol. The van der Waals surface area contributed by atoms with E-state index in [1.54, 1.807) is 0 Å². The van der Waals surface area contributed by atoms with E-state index >= 15 is 0 Å². The van der Waals surface area contributed by atoms with Crippen LogP contribution in [-0.2, 0) is 28.4 Å². The molecule has 0 aliphatic carbocycles. The Morgan fingerprint density at radius 2 is 0.362 bits per heavy atom. The van der Waals surface area contributed by atoms with Gasteiger partial charge in [-0.1, -0.05) is 121 Å². The van der Waals surface area contributed by atoms with E-state index in [-0.39, 0.29) is 37.7 Å². The number of para-hydroxylation sites is 4. The average Bonchev–Trinajstić information content (AvgIpc) is 4.14. The first kappa shape index (κ1) is 53.5. The Kier molecular flexibility index (Phi) is 38.0. The molecular formula is C48H68Li2N2O6. The van der Waals surface area contributed by atoms with E-state index < -0.39 is 0 Å². The normalized spacial score (nSPS) is 16.7. The van der Waals surface area contributed by atoms with Gasteiger partial charge in [0.1, 0.15) is 0 Å². The maximum absolute atomic E-state index is 4.94. The molecule has 4 aromatic rings. The van der Waals surface area contributed by atoms with E-state index in [1.807, 2.05) is 121 Å². The molecule has 0 unspecified atom stereocenters. The molecule has 0 N–H and O–H groups in total. The summed E-state index contributed by atoms with van der Waals surface area (Å²) < 4.78 is 29.7. The van der Waals surface area contributed by atoms with E-state index in [2.05, 4.69) is 10.6 Å². The summed E-state index contributed by atoms with van der Waals surface area (Å²) in [4.78, 5) is 0. The summed E-state index contributed by atoms with van der Waals surface area (Å²) >= 11 is 0. The summed E-state index contributed by atoms with van der Waals surface area (Å²) in [7, 11) is 0. The van der Waals surface area contributed by atoms with Crippen LogP contribution in [0.2, 0.25) is 0 Å². The van der Waals surface area contributed by atoms with Gasteiger partial charge in [-0.25, -0.2) is 0 Å². The molecule has 6 fully saturated rings. The molecule has 0 aromatic heterocycles. The van der Waals surface area contributed by atoms with Crippen molar-refractivity contribution < 1.29 is 66.1 Å². The minimum atomic E-state index is 0. The van der Waals surface area contributed by atoms with Gasteiger partial charge in [0.25, 0.3) is 0 Å². The Bertz CT molecular complexity index is 1080. The van der Waals surface area contributed by atoms with Crippen molar-refractivity contribution in [2.24, 2.45) is 0 Å². The second-order valence-electron chi connectivity index (χ2n) is 13.5. The number of hydrogen-bond acceptors (Lipinski definition) is 6. The standard InChI is InChI=1S/2C12H10N.6C4H8O.2Li/c2*1-3-7-11(8-4-1)13-12-9-5-2-6-10-12;6*1-2-4-5-3-1;;/h2*1-10H;6*1-4H2;;/q2*-1;;;;;;;2*+1. The van der Waals surface area contributed by atoms with Crippen LogP contribution in [0.15, 0.2) is 121 Å². The number of nitrogens with zero attached hydrogens (tertiary/aromatic N) is 2. The second-order valence-corrected chi connectivity index (χ2v) is 13.5. The number of rotatable bonds is 4. The third-order valence-electron chi connectivity index (χ3n) is 8.51. The maximum atomic E-state index is 4.94. The van der Waals surface area contributed by atoms with Gasteiger partial charge < -0.3 is 39.1 Å². The fourth-order valence-corrected chi connectivity index (χ4v) is 5.37. The van der Waals surface area contributed by atoms with E-state index in [1.165, 1.54) is 77.0 Å². The fourth-order valence-electron chi connectivity index (χ4n) is 5.37. The molecule has 0 bridgehead atoms. The molecule has 58 heavy (non-hydrogen) atoms. The summed E-state index contributed by atoms with van der Waals surface area (Å²) in [5.74, 6) is 0. The van der Waals surface area contributed by atoms with Gasteiger partial charge in [-0.3, -0.25) is 0 Å². The third-order valence-corrected chi connectivity index (χ3v) is 8.51. The SMILES string of the molecule is C1CCOC1.C1CCOC1.C1CCOC1.C1CCOC1.C1CCOC1.C1CCOC1.[Li+].[Li+].c1ccc([N-]c2ccccc2)cc1.c1ccc([N-]c2ccccc2)cc1. The van der Waals surface area contributed by atoms with Crippen molar-refractivity contribution >= 4 is 22.7 Å². The molecule has 6 heterocycles. The fraction of sp³-hybridized carbons (Fsp3) is 0.500. The Labute approximate surface area is 375 Å². The van der Waals surface area contributed by atoms with Crippen LogP contribution in [-0.4, -0.2) is 79.3 Å². The van der Waals surface area contributed by atoms with Crippen LogP contribution >= 0.6 is 0 Å². The molecule has 6 aliphatic heterocycles. The van der Waals surface area contributed by atoms with Crippen LogP contribution in [0.1, 0.15) is 77.0 Å². The minimum absolute atomic E-state index is 0. The topological polar surface area (TPSA) is 83.6 Å². The van der Waals surface area contributed by atoms with E-state index in [0.29, 0.717) is 0 Å². The van der Waals surface area contributed by atoms with Gasteiger partial charge in [0.2, 0.25) is 0 Å². The number of benzene rings is 4. The van der Waals surface area contributed by atoms with Gasteiger partial charge in [0.15, 0.2) is 0 Å². The van der Waals surface area contributed by atoms with Crippen molar-refractivity contribution in [2.75, 3.05) is 79.3 Å². The predicted octanol–water partition coefficient (Wildman–Crippen LogP) is 6.84. The molecule has 8 nitrogen and oxygen atoms in total. The minimum Gasteiger partial charge on any atom is -0.658 e. The molecule has 10 heteroatoms. The average molecular weight is 783 g/mol. The second kappa shape index (κ2) is 41.2. The van der Waals surface area contributed by atoms with Crippen molar-refractivity contribution in [3.8, 4) is 0 Å². The first-order valence-corrected chi connectivity index (χ1v) is 21.0. The van der Waals surface area contributed by atoms with Gasteiger partial charge in [-0.05, 0) is 77.0 Å². The molecule has 0 saturated carbocycles. The van der Waals surface area contributed by atoms with Crippen LogP contribution in [0.3, 0.4) is 0 Å². The van der Waals surface area contributed by atoms with Crippen LogP contribution in [0, 0.1) is 0 Å². The zero-order valence-corrected chi connectivity index (χ0v) is 35.9. The smallest absolute Gasteiger partial charge is 0.658 e. The van der Waals surface area contributed by atoms with E-state index in [0.717, 1.165) is 102 Å². The Hall–Kier alpha value is -2.57. The van der Waals surface area contributed by atoms with E-state index in [9.17, 15) is 0 Å². The van der Waals surface area contributed by atoms with Gasteiger partial charge in [-0.2, -0.15) is 0 Å². The summed E-state index contributed by atoms with van der Waals surface area (Å²) in [5, 5.41) is 8.88. The van der Waals surface area contributed by atoms with Crippen LogP contribution in [0.25, 0.3) is 10.6 Å². The first-order chi connectivity index (χ1) is 27.9. The molecule has 6 saturated heterocycles. The molecule has 0 amide bonds. The van der Waals surface area contributed by atoms with Crippen LogP contribution in [0.4, 0.5) is 22.7 Å². The van der Waals surface area contributed by atoms with Gasteiger partial charge in [0, 0.05) is 79.3 Å². The van der Waals surface area contributed by atoms with Crippen LogP contribution in [0.5, 0.6) is 0 Å². The van der Waals surface area contributed by atoms with Crippen LogP contribution < -0.4 is 37.7 Å². The van der Waals surface area contributed by atoms with E-state index in [4.69, 9.17) is 28.4 Å². The van der Waals surface area contributed by atoms with Crippen molar-refractivity contribution in [2.45, 2.75) is 77.0 Å². The number of ether oxygens (including phenoxy) is 6. The molecule has 4 aromatic carbocycles. The molecular weight excluding hydrogens is 714 g/mol. The Morgan fingerprint density at radius 3 is 0.466 bits per heavy atom. The quantitative estimate of drug-likeness (QED) is 0.211. The summed E-state index contributed by atoms with van der Waals surface area (Å²) in [5.41, 5.74) is 3.98. The molecule has 308 valence electrons. The molecule has 0 spiro atoms. The van der Waals surface area contributed by atoms with Gasteiger partial charge in [-0.15, -0.1) is 22.7 Å². The summed E-state index contributed by atoms with van der Waals surface area (Å²) in [6.45, 7) is 12.0. The molecule has 0 radical (unpaired) electrons. The van der Waals surface area contributed by atoms with Crippen molar-refractivity contribution in [1.29, 1.82) is 0 Å². The van der Waals surface area contributed by atoms with Gasteiger partial charge in [0.05, 0.1) is 0 Å².